The smallest absolute Gasteiger partial charge is 0.201 e. The van der Waals surface area contributed by atoms with Crippen molar-refractivity contribution in [3.8, 4) is 5.75 Å². The van der Waals surface area contributed by atoms with Crippen molar-refractivity contribution >= 4 is 0 Å². The van der Waals surface area contributed by atoms with Gasteiger partial charge in [-0.3, -0.25) is 0 Å². The Morgan fingerprint density at radius 1 is 1.43 bits per heavy atom. The molecule has 0 unspecified atom stereocenters. The lowest BCUT2D eigenvalue weighted by Crippen LogP contribution is -2.22. The summed E-state index contributed by atoms with van der Waals surface area (Å²) < 4.78 is 31.6. The van der Waals surface area contributed by atoms with Crippen molar-refractivity contribution in [2.45, 2.75) is 19.4 Å². The summed E-state index contributed by atoms with van der Waals surface area (Å²) in [6, 6.07) is 1.30. The molecule has 0 spiro atoms. The molecule has 2 nitrogen and oxygen atoms in total. The van der Waals surface area contributed by atoms with Gasteiger partial charge in [-0.25, -0.2) is 4.39 Å². The summed E-state index contributed by atoms with van der Waals surface area (Å²) >= 11 is 0. The molecule has 1 aliphatic heterocycles. The largest absolute Gasteiger partial charge is 0.490 e. The molecule has 1 aromatic carbocycles. The van der Waals surface area contributed by atoms with Gasteiger partial charge in [0.25, 0.3) is 0 Å². The van der Waals surface area contributed by atoms with Crippen molar-refractivity contribution in [3.63, 3.8) is 0 Å². The molecule has 0 fully saturated rings. The van der Waals surface area contributed by atoms with Gasteiger partial charge in [-0.1, -0.05) is 0 Å². The van der Waals surface area contributed by atoms with E-state index in [0.717, 1.165) is 0 Å². The van der Waals surface area contributed by atoms with E-state index in [9.17, 15) is 8.78 Å². The molecule has 1 aliphatic rings. The van der Waals surface area contributed by atoms with Crippen LogP contribution in [0.25, 0.3) is 0 Å². The Bertz CT molecular complexity index is 379. The van der Waals surface area contributed by atoms with E-state index < -0.39 is 11.6 Å². The van der Waals surface area contributed by atoms with Crippen molar-refractivity contribution in [2.24, 2.45) is 5.73 Å². The molecular formula is C10H11F2NO. The molecule has 1 heterocycles. The fraction of sp³-hybridized carbons (Fsp3) is 0.400. The summed E-state index contributed by atoms with van der Waals surface area (Å²) in [6.07, 6.45) is 0.636. The number of rotatable bonds is 0. The number of hydrogen-bond donors (Lipinski definition) is 1. The minimum Gasteiger partial charge on any atom is -0.490 e. The van der Waals surface area contributed by atoms with Gasteiger partial charge in [0, 0.05) is 18.0 Å². The second kappa shape index (κ2) is 3.20. The van der Waals surface area contributed by atoms with E-state index in [1.807, 2.05) is 0 Å². The average Bonchev–Trinajstić information content (AvgIpc) is 2.17. The van der Waals surface area contributed by atoms with Crippen molar-refractivity contribution in [2.75, 3.05) is 6.61 Å². The van der Waals surface area contributed by atoms with Crippen molar-refractivity contribution < 1.29 is 13.5 Å². The van der Waals surface area contributed by atoms with Crippen LogP contribution < -0.4 is 10.5 Å². The quantitative estimate of drug-likeness (QED) is 0.694. The summed E-state index contributed by atoms with van der Waals surface area (Å²) in [7, 11) is 0. The molecule has 1 atom stereocenters. The monoisotopic (exact) mass is 199 g/mol. The number of benzene rings is 1. The van der Waals surface area contributed by atoms with Gasteiger partial charge in [0.15, 0.2) is 11.6 Å². The Balaban J connectivity index is 2.63. The normalized spacial score (nSPS) is 20.1. The first-order valence-corrected chi connectivity index (χ1v) is 4.48. The second-order valence-corrected chi connectivity index (χ2v) is 3.48. The third-order valence-corrected chi connectivity index (χ3v) is 2.45. The molecule has 1 aromatic rings. The van der Waals surface area contributed by atoms with E-state index >= 15 is 0 Å². The number of hydrogen-bond acceptors (Lipinski definition) is 2. The van der Waals surface area contributed by atoms with Crippen LogP contribution in [0.5, 0.6) is 5.75 Å². The molecule has 0 amide bonds. The summed E-state index contributed by atoms with van der Waals surface area (Å²) in [6.45, 7) is 1.85. The maximum absolute atomic E-state index is 13.4. The van der Waals surface area contributed by atoms with Gasteiger partial charge < -0.3 is 10.5 Å². The van der Waals surface area contributed by atoms with Gasteiger partial charge in [-0.05, 0) is 18.6 Å². The summed E-state index contributed by atoms with van der Waals surface area (Å²) in [5, 5.41) is 0. The van der Waals surface area contributed by atoms with Crippen LogP contribution in [0.3, 0.4) is 0 Å². The second-order valence-electron chi connectivity index (χ2n) is 3.48. The summed E-state index contributed by atoms with van der Waals surface area (Å²) in [5.74, 6) is -1.79. The molecule has 0 aliphatic carbocycles. The number of aryl methyl sites for hydroxylation is 1. The highest BCUT2D eigenvalue weighted by Crippen LogP contribution is 2.35. The van der Waals surface area contributed by atoms with Gasteiger partial charge in [-0.15, -0.1) is 0 Å². The highest BCUT2D eigenvalue weighted by atomic mass is 19.2. The van der Waals surface area contributed by atoms with Crippen molar-refractivity contribution in [3.05, 3.63) is 28.8 Å². The summed E-state index contributed by atoms with van der Waals surface area (Å²) in [5.41, 5.74) is 6.59. The standard InChI is InChI=1S/C10H11F2NO/c1-5-4-6-7(13)2-3-14-10(6)9(12)8(5)11/h4,7H,2-3,13H2,1H3/t7-/m0/s1. The van der Waals surface area contributed by atoms with Crippen LogP contribution in [0.4, 0.5) is 8.78 Å². The van der Waals surface area contributed by atoms with E-state index in [-0.39, 0.29) is 17.4 Å². The number of nitrogens with two attached hydrogens (primary N) is 1. The molecular weight excluding hydrogens is 188 g/mol. The van der Waals surface area contributed by atoms with Crippen LogP contribution in [0, 0.1) is 18.6 Å². The average molecular weight is 199 g/mol. The zero-order valence-corrected chi connectivity index (χ0v) is 7.81. The molecule has 0 bridgehead atoms. The Labute approximate surface area is 80.7 Å². The molecule has 2 rings (SSSR count). The Kier molecular flexibility index (Phi) is 2.15. The maximum atomic E-state index is 13.4. The van der Waals surface area contributed by atoms with E-state index in [4.69, 9.17) is 10.5 Å². The third kappa shape index (κ3) is 1.26. The zero-order chi connectivity index (χ0) is 10.3. The lowest BCUT2D eigenvalue weighted by Gasteiger charge is -2.23. The molecule has 0 radical (unpaired) electrons. The molecule has 76 valence electrons. The zero-order valence-electron chi connectivity index (χ0n) is 7.81. The topological polar surface area (TPSA) is 35.2 Å². The highest BCUT2D eigenvalue weighted by Gasteiger charge is 2.25. The third-order valence-electron chi connectivity index (χ3n) is 2.45. The first-order valence-electron chi connectivity index (χ1n) is 4.48. The minimum absolute atomic E-state index is 0.0214. The molecule has 2 N–H and O–H groups in total. The predicted octanol–water partition coefficient (Wildman–Crippen LogP) is 2.06. The lowest BCUT2D eigenvalue weighted by atomic mass is 9.99. The van der Waals surface area contributed by atoms with E-state index in [1.54, 1.807) is 6.07 Å². The molecule has 0 aromatic heterocycles. The van der Waals surface area contributed by atoms with Crippen LogP contribution in [-0.4, -0.2) is 6.61 Å². The van der Waals surface area contributed by atoms with Crippen LogP contribution in [0.1, 0.15) is 23.6 Å². The van der Waals surface area contributed by atoms with Crippen LogP contribution in [0.15, 0.2) is 6.07 Å². The van der Waals surface area contributed by atoms with Gasteiger partial charge in [0.2, 0.25) is 5.82 Å². The maximum Gasteiger partial charge on any atom is 0.201 e. The number of ether oxygens (including phenoxy) is 1. The summed E-state index contributed by atoms with van der Waals surface area (Å²) in [4.78, 5) is 0. The van der Waals surface area contributed by atoms with Gasteiger partial charge in [-0.2, -0.15) is 4.39 Å². The Morgan fingerprint density at radius 2 is 2.14 bits per heavy atom. The highest BCUT2D eigenvalue weighted by molar-refractivity contribution is 5.42. The fourth-order valence-corrected chi connectivity index (χ4v) is 1.63. The first kappa shape index (κ1) is 9.40. The predicted molar refractivity (Wildman–Crippen MR) is 48.1 cm³/mol. The van der Waals surface area contributed by atoms with Gasteiger partial charge in [0.1, 0.15) is 0 Å². The Morgan fingerprint density at radius 3 is 2.86 bits per heavy atom. The van der Waals surface area contributed by atoms with E-state index in [1.165, 1.54) is 6.92 Å². The van der Waals surface area contributed by atoms with E-state index in [2.05, 4.69) is 0 Å². The van der Waals surface area contributed by atoms with Gasteiger partial charge in [0.05, 0.1) is 6.61 Å². The molecule has 14 heavy (non-hydrogen) atoms. The number of fused-ring (bicyclic) bond motifs is 1. The van der Waals surface area contributed by atoms with E-state index in [0.29, 0.717) is 18.6 Å². The van der Waals surface area contributed by atoms with Crippen LogP contribution in [0.2, 0.25) is 0 Å². The SMILES string of the molecule is Cc1cc2c(c(F)c1F)OCC[C@@H]2N. The van der Waals surface area contributed by atoms with Crippen molar-refractivity contribution in [1.29, 1.82) is 0 Å². The van der Waals surface area contributed by atoms with Crippen LogP contribution >= 0.6 is 0 Å². The molecule has 0 saturated heterocycles. The molecule has 4 heteroatoms. The van der Waals surface area contributed by atoms with Crippen molar-refractivity contribution in [1.82, 2.24) is 0 Å². The first-order chi connectivity index (χ1) is 6.61. The number of halogens is 2. The minimum atomic E-state index is -0.921. The Hall–Kier alpha value is -1.16. The fourth-order valence-electron chi connectivity index (χ4n) is 1.63. The van der Waals surface area contributed by atoms with Crippen LogP contribution in [-0.2, 0) is 0 Å². The molecule has 0 saturated carbocycles. The van der Waals surface area contributed by atoms with Gasteiger partial charge >= 0.3 is 0 Å². The lowest BCUT2D eigenvalue weighted by molar-refractivity contribution is 0.250.